The van der Waals surface area contributed by atoms with Crippen LogP contribution in [0.25, 0.3) is 0 Å². The van der Waals surface area contributed by atoms with Crippen LogP contribution in [0.1, 0.15) is 30.0 Å². The Morgan fingerprint density at radius 3 is 2.52 bits per heavy atom. The molecule has 1 aliphatic rings. The topological polar surface area (TPSA) is 47.3 Å². The van der Waals surface area contributed by atoms with E-state index >= 15 is 0 Å². The van der Waals surface area contributed by atoms with Crippen LogP contribution in [0.2, 0.25) is 0 Å². The summed E-state index contributed by atoms with van der Waals surface area (Å²) in [5, 5.41) is 0. The second-order valence-electron chi connectivity index (χ2n) is 5.15. The average Bonchev–Trinajstić information content (AvgIpc) is 3.29. The molecule has 0 spiro atoms. The lowest BCUT2D eigenvalue weighted by molar-refractivity contribution is 0.303. The Labute approximate surface area is 146 Å². The van der Waals surface area contributed by atoms with Crippen LogP contribution in [0.4, 0.5) is 0 Å². The summed E-state index contributed by atoms with van der Waals surface area (Å²) in [6.45, 7) is 0. The molecule has 0 radical (unpaired) electrons. The van der Waals surface area contributed by atoms with Crippen LogP contribution >= 0.6 is 38.5 Å². The van der Waals surface area contributed by atoms with Gasteiger partial charge in [0.15, 0.2) is 0 Å². The summed E-state index contributed by atoms with van der Waals surface area (Å²) in [5.74, 6) is 6.71. The molecule has 110 valence electrons. The molecule has 3 N–H and O–H groups in total. The Morgan fingerprint density at radius 2 is 1.90 bits per heavy atom. The minimum Gasteiger partial charge on any atom is -0.490 e. The number of rotatable bonds is 5. The molecular formula is C16H16BrIN2O. The molecule has 1 unspecified atom stereocenters. The van der Waals surface area contributed by atoms with Crippen molar-refractivity contribution in [2.24, 2.45) is 5.84 Å². The van der Waals surface area contributed by atoms with E-state index in [2.05, 4.69) is 68.2 Å². The Hall–Kier alpha value is -0.630. The molecule has 1 atom stereocenters. The fourth-order valence-electron chi connectivity index (χ4n) is 2.22. The van der Waals surface area contributed by atoms with Gasteiger partial charge in [0.2, 0.25) is 0 Å². The maximum absolute atomic E-state index is 5.78. The van der Waals surface area contributed by atoms with E-state index in [4.69, 9.17) is 10.6 Å². The molecule has 0 bridgehead atoms. The summed E-state index contributed by atoms with van der Waals surface area (Å²) < 4.78 is 8.01. The number of benzene rings is 2. The van der Waals surface area contributed by atoms with Crippen molar-refractivity contribution in [3.05, 3.63) is 61.6 Å². The largest absolute Gasteiger partial charge is 0.490 e. The summed E-state index contributed by atoms with van der Waals surface area (Å²) in [6.07, 6.45) is 2.76. The molecule has 1 saturated carbocycles. The molecule has 0 aromatic heterocycles. The van der Waals surface area contributed by atoms with Gasteiger partial charge in [-0.2, -0.15) is 0 Å². The zero-order valence-corrected chi connectivity index (χ0v) is 15.1. The maximum Gasteiger partial charge on any atom is 0.119 e. The Balaban J connectivity index is 1.86. The molecule has 2 aromatic rings. The second kappa shape index (κ2) is 6.64. The van der Waals surface area contributed by atoms with Crippen molar-refractivity contribution in [1.82, 2.24) is 5.43 Å². The van der Waals surface area contributed by atoms with Gasteiger partial charge in [-0.3, -0.25) is 5.84 Å². The predicted molar refractivity (Wildman–Crippen MR) is 96.1 cm³/mol. The molecular weight excluding hydrogens is 443 g/mol. The predicted octanol–water partition coefficient (Wildman–Crippen LogP) is 4.15. The summed E-state index contributed by atoms with van der Waals surface area (Å²) in [4.78, 5) is 0. The van der Waals surface area contributed by atoms with Crippen LogP contribution in [0.3, 0.4) is 0 Å². The summed E-state index contributed by atoms with van der Waals surface area (Å²) >= 11 is 5.91. The highest BCUT2D eigenvalue weighted by Gasteiger charge is 2.23. The Bertz CT molecular complexity index is 629. The van der Waals surface area contributed by atoms with Crippen molar-refractivity contribution in [3.63, 3.8) is 0 Å². The van der Waals surface area contributed by atoms with Gasteiger partial charge in [-0.15, -0.1) is 0 Å². The first-order valence-electron chi connectivity index (χ1n) is 6.85. The third kappa shape index (κ3) is 3.77. The van der Waals surface area contributed by atoms with Gasteiger partial charge < -0.3 is 4.74 Å². The van der Waals surface area contributed by atoms with Crippen molar-refractivity contribution in [2.75, 3.05) is 0 Å². The van der Waals surface area contributed by atoms with E-state index in [9.17, 15) is 0 Å². The number of nitrogens with one attached hydrogen (secondary N) is 1. The van der Waals surface area contributed by atoms with Crippen molar-refractivity contribution in [1.29, 1.82) is 0 Å². The number of hydrazine groups is 1. The molecule has 0 amide bonds. The number of hydrogen-bond donors (Lipinski definition) is 2. The zero-order valence-electron chi connectivity index (χ0n) is 11.4. The van der Waals surface area contributed by atoms with Gasteiger partial charge in [0.05, 0.1) is 12.1 Å². The van der Waals surface area contributed by atoms with E-state index in [1.54, 1.807) is 0 Å². The average molecular weight is 459 g/mol. The van der Waals surface area contributed by atoms with Crippen molar-refractivity contribution >= 4 is 38.5 Å². The zero-order chi connectivity index (χ0) is 14.8. The summed E-state index contributed by atoms with van der Waals surface area (Å²) in [5.41, 5.74) is 5.14. The first kappa shape index (κ1) is 15.3. The van der Waals surface area contributed by atoms with Crippen molar-refractivity contribution in [3.8, 4) is 5.75 Å². The van der Waals surface area contributed by atoms with Gasteiger partial charge in [-0.05, 0) is 76.9 Å². The molecule has 1 aliphatic carbocycles. The quantitative estimate of drug-likeness (QED) is 0.402. The van der Waals surface area contributed by atoms with Crippen LogP contribution in [-0.2, 0) is 0 Å². The Morgan fingerprint density at radius 1 is 1.19 bits per heavy atom. The van der Waals surface area contributed by atoms with Gasteiger partial charge in [-0.25, -0.2) is 5.43 Å². The number of halogens is 2. The molecule has 2 aromatic carbocycles. The Kier molecular flexibility index (Phi) is 4.83. The van der Waals surface area contributed by atoms with Crippen LogP contribution in [0.5, 0.6) is 5.75 Å². The monoisotopic (exact) mass is 458 g/mol. The van der Waals surface area contributed by atoms with Crippen molar-refractivity contribution in [2.45, 2.75) is 25.0 Å². The normalized spacial score (nSPS) is 15.8. The van der Waals surface area contributed by atoms with Crippen molar-refractivity contribution < 1.29 is 4.74 Å². The molecule has 3 rings (SSSR count). The van der Waals surface area contributed by atoms with Gasteiger partial charge >= 0.3 is 0 Å². The number of ether oxygens (including phenoxy) is 1. The highest BCUT2D eigenvalue weighted by atomic mass is 127. The lowest BCUT2D eigenvalue weighted by Crippen LogP contribution is -2.29. The van der Waals surface area contributed by atoms with Crippen LogP contribution in [0, 0.1) is 3.57 Å². The molecule has 5 heteroatoms. The van der Waals surface area contributed by atoms with E-state index in [0.29, 0.717) is 6.10 Å². The van der Waals surface area contributed by atoms with Gasteiger partial charge in [0, 0.05) is 8.04 Å². The standard InChI is InChI=1S/C16H16BrIN2O/c17-15-8-3-11(18)9-14(15)16(20-19)10-1-4-12(5-2-10)21-13-6-7-13/h1-5,8-9,13,16,20H,6-7,19H2. The van der Waals surface area contributed by atoms with E-state index in [-0.39, 0.29) is 6.04 Å². The number of nitrogens with two attached hydrogens (primary N) is 1. The fraction of sp³-hybridized carbons (Fsp3) is 0.250. The molecule has 0 heterocycles. The minimum atomic E-state index is -0.0518. The highest BCUT2D eigenvalue weighted by molar-refractivity contribution is 14.1. The first-order valence-corrected chi connectivity index (χ1v) is 8.72. The number of hydrogen-bond acceptors (Lipinski definition) is 3. The van der Waals surface area contributed by atoms with E-state index in [0.717, 1.165) is 21.3 Å². The summed E-state index contributed by atoms with van der Waals surface area (Å²) in [6, 6.07) is 14.3. The SMILES string of the molecule is NNC(c1ccc(OC2CC2)cc1)c1cc(I)ccc1Br. The molecule has 0 saturated heterocycles. The highest BCUT2D eigenvalue weighted by Crippen LogP contribution is 2.31. The van der Waals surface area contributed by atoms with E-state index in [1.165, 1.54) is 16.4 Å². The molecule has 0 aliphatic heterocycles. The van der Waals surface area contributed by atoms with Crippen LogP contribution in [-0.4, -0.2) is 6.10 Å². The lowest BCUT2D eigenvalue weighted by Gasteiger charge is -2.19. The summed E-state index contributed by atoms with van der Waals surface area (Å²) in [7, 11) is 0. The second-order valence-corrected chi connectivity index (χ2v) is 7.25. The lowest BCUT2D eigenvalue weighted by atomic mass is 9.99. The third-order valence-corrected chi connectivity index (χ3v) is 4.87. The fourth-order valence-corrected chi connectivity index (χ4v) is 3.21. The first-order chi connectivity index (χ1) is 10.2. The smallest absolute Gasteiger partial charge is 0.119 e. The molecule has 21 heavy (non-hydrogen) atoms. The van der Waals surface area contributed by atoms with E-state index < -0.39 is 0 Å². The third-order valence-electron chi connectivity index (χ3n) is 3.48. The van der Waals surface area contributed by atoms with Gasteiger partial charge in [-0.1, -0.05) is 28.1 Å². The maximum atomic E-state index is 5.78. The minimum absolute atomic E-state index is 0.0518. The van der Waals surface area contributed by atoms with Gasteiger partial charge in [0.25, 0.3) is 0 Å². The van der Waals surface area contributed by atoms with Gasteiger partial charge in [0.1, 0.15) is 5.75 Å². The van der Waals surface area contributed by atoms with E-state index in [1.807, 2.05) is 18.2 Å². The molecule has 3 nitrogen and oxygen atoms in total. The van der Waals surface area contributed by atoms with Crippen LogP contribution in [0.15, 0.2) is 46.9 Å². The molecule has 1 fully saturated rings. The van der Waals surface area contributed by atoms with Crippen LogP contribution < -0.4 is 16.0 Å².